The molecule has 0 amide bonds. The quantitative estimate of drug-likeness (QED) is 0.501. The molecule has 0 atom stereocenters. The van der Waals surface area contributed by atoms with Crippen LogP contribution in [0.5, 0.6) is 0 Å². The zero-order valence-electron chi connectivity index (χ0n) is 13.2. The summed E-state index contributed by atoms with van der Waals surface area (Å²) >= 11 is 0. The molecular formula is C18H13F2N2O3Pt-. The van der Waals surface area contributed by atoms with Gasteiger partial charge in [0, 0.05) is 45.1 Å². The third kappa shape index (κ3) is 6.09. The normalized spacial score (nSPS) is 9.50. The number of carbonyl (C=O) groups is 1. The number of carboxylic acids is 1. The Morgan fingerprint density at radius 3 is 2.42 bits per heavy atom. The number of halogens is 2. The van der Waals surface area contributed by atoms with Crippen molar-refractivity contribution < 1.29 is 44.9 Å². The molecule has 5 nitrogen and oxygen atoms in total. The van der Waals surface area contributed by atoms with Crippen molar-refractivity contribution in [1.29, 1.82) is 0 Å². The number of aromatic nitrogens is 2. The summed E-state index contributed by atoms with van der Waals surface area (Å²) in [5.74, 6) is -2.39. The van der Waals surface area contributed by atoms with Gasteiger partial charge in [-0.3, -0.25) is 8.78 Å². The second kappa shape index (κ2) is 10.5. The SMILES string of the molecule is O=C(O)c1ccccn1.OCc1ccnc(-c2[c-]cc(F)cc2F)c1.[Pt]. The fraction of sp³-hybridized carbons (Fsp3) is 0.0556. The molecule has 0 bridgehead atoms. The number of rotatable bonds is 3. The molecule has 2 heterocycles. The minimum atomic E-state index is -0.990. The Labute approximate surface area is 162 Å². The molecule has 3 aromatic rings. The summed E-state index contributed by atoms with van der Waals surface area (Å²) in [6.45, 7) is -0.154. The molecule has 1 aromatic carbocycles. The molecule has 0 spiro atoms. The summed E-state index contributed by atoms with van der Waals surface area (Å²) in [7, 11) is 0. The van der Waals surface area contributed by atoms with E-state index >= 15 is 0 Å². The number of aromatic carboxylic acids is 1. The van der Waals surface area contributed by atoms with Gasteiger partial charge in [-0.1, -0.05) is 23.8 Å². The summed E-state index contributed by atoms with van der Waals surface area (Å²) in [4.78, 5) is 17.7. The van der Waals surface area contributed by atoms with Crippen molar-refractivity contribution in [3.63, 3.8) is 0 Å². The van der Waals surface area contributed by atoms with E-state index in [1.807, 2.05) is 0 Å². The Balaban J connectivity index is 0.000000290. The molecule has 0 aliphatic rings. The van der Waals surface area contributed by atoms with Crippen molar-refractivity contribution in [2.24, 2.45) is 0 Å². The van der Waals surface area contributed by atoms with Crippen molar-refractivity contribution in [2.45, 2.75) is 6.61 Å². The Morgan fingerprint density at radius 1 is 1.12 bits per heavy atom. The standard InChI is InChI=1S/C12H8F2NO.C6H5NO2.Pt/c13-9-1-2-10(11(14)6-9)12-5-8(7-16)3-4-15-12;8-6(9)5-3-1-2-4-7-5;/h1,3-6,16H,7H2;1-4H,(H,8,9);/q-1;;. The second-order valence-electron chi connectivity index (χ2n) is 4.77. The molecule has 0 unspecified atom stereocenters. The van der Waals surface area contributed by atoms with Crippen LogP contribution in [0.1, 0.15) is 16.1 Å². The van der Waals surface area contributed by atoms with Crippen LogP contribution in [0.2, 0.25) is 0 Å². The first-order valence-corrected chi connectivity index (χ1v) is 7.08. The number of aliphatic hydroxyl groups is 1. The van der Waals surface area contributed by atoms with Gasteiger partial charge in [-0.2, -0.15) is 0 Å². The molecule has 0 aliphatic carbocycles. The van der Waals surface area contributed by atoms with Crippen LogP contribution in [0, 0.1) is 17.7 Å². The zero-order valence-corrected chi connectivity index (χ0v) is 15.4. The van der Waals surface area contributed by atoms with Gasteiger partial charge in [0.05, 0.1) is 6.61 Å². The Kier molecular flexibility index (Phi) is 8.68. The van der Waals surface area contributed by atoms with Gasteiger partial charge in [0.15, 0.2) is 0 Å². The maximum absolute atomic E-state index is 13.4. The number of carboxylic acid groups (broad SMARTS) is 1. The minimum Gasteiger partial charge on any atom is -0.477 e. The van der Waals surface area contributed by atoms with E-state index < -0.39 is 17.6 Å². The van der Waals surface area contributed by atoms with E-state index in [4.69, 9.17) is 10.2 Å². The van der Waals surface area contributed by atoms with Crippen molar-refractivity contribution in [1.82, 2.24) is 9.97 Å². The van der Waals surface area contributed by atoms with Crippen LogP contribution in [-0.4, -0.2) is 26.2 Å². The van der Waals surface area contributed by atoms with E-state index in [1.54, 1.807) is 18.2 Å². The Bertz CT molecular complexity index is 864. The summed E-state index contributed by atoms with van der Waals surface area (Å²) < 4.78 is 26.1. The molecule has 0 fully saturated rings. The van der Waals surface area contributed by atoms with Crippen LogP contribution in [0.25, 0.3) is 11.3 Å². The van der Waals surface area contributed by atoms with Gasteiger partial charge in [0.1, 0.15) is 5.69 Å². The first kappa shape index (κ1) is 21.5. The average Bonchev–Trinajstić information content (AvgIpc) is 2.63. The van der Waals surface area contributed by atoms with Gasteiger partial charge >= 0.3 is 5.97 Å². The first-order valence-electron chi connectivity index (χ1n) is 7.08. The van der Waals surface area contributed by atoms with Crippen LogP contribution in [0.4, 0.5) is 8.78 Å². The summed E-state index contributed by atoms with van der Waals surface area (Å²) in [6, 6.07) is 12.2. The molecule has 3 rings (SSSR count). The molecule has 2 aromatic heterocycles. The van der Waals surface area contributed by atoms with Crippen molar-refractivity contribution in [3.05, 3.63) is 83.8 Å². The van der Waals surface area contributed by atoms with E-state index in [2.05, 4.69) is 16.0 Å². The molecule has 26 heavy (non-hydrogen) atoms. The van der Waals surface area contributed by atoms with Gasteiger partial charge < -0.3 is 15.2 Å². The predicted molar refractivity (Wildman–Crippen MR) is 85.5 cm³/mol. The predicted octanol–water partition coefficient (Wildman–Crippen LogP) is 3.10. The number of hydrogen-bond donors (Lipinski definition) is 2. The van der Waals surface area contributed by atoms with E-state index in [-0.39, 0.29) is 38.9 Å². The molecule has 2 N–H and O–H groups in total. The van der Waals surface area contributed by atoms with E-state index in [0.29, 0.717) is 11.3 Å². The van der Waals surface area contributed by atoms with Gasteiger partial charge in [-0.25, -0.2) is 9.78 Å². The molecule has 0 saturated heterocycles. The van der Waals surface area contributed by atoms with Crippen LogP contribution < -0.4 is 0 Å². The molecule has 0 radical (unpaired) electrons. The molecular weight excluding hydrogens is 525 g/mol. The number of pyridine rings is 2. The first-order chi connectivity index (χ1) is 12.0. The molecule has 138 valence electrons. The third-order valence-corrected chi connectivity index (χ3v) is 3.00. The van der Waals surface area contributed by atoms with E-state index in [1.165, 1.54) is 24.5 Å². The van der Waals surface area contributed by atoms with Crippen molar-refractivity contribution in [3.8, 4) is 11.3 Å². The number of aliphatic hydroxyl groups excluding tert-OH is 1. The van der Waals surface area contributed by atoms with E-state index in [0.717, 1.165) is 12.1 Å². The zero-order chi connectivity index (χ0) is 18.2. The number of hydrogen-bond acceptors (Lipinski definition) is 4. The van der Waals surface area contributed by atoms with Crippen LogP contribution in [-0.2, 0) is 27.7 Å². The number of benzene rings is 1. The van der Waals surface area contributed by atoms with Crippen LogP contribution >= 0.6 is 0 Å². The van der Waals surface area contributed by atoms with Crippen molar-refractivity contribution in [2.75, 3.05) is 0 Å². The Hall–Kier alpha value is -2.50. The maximum atomic E-state index is 13.4. The van der Waals surface area contributed by atoms with Crippen LogP contribution in [0.3, 0.4) is 0 Å². The number of nitrogens with zero attached hydrogens (tertiary/aromatic N) is 2. The van der Waals surface area contributed by atoms with Gasteiger partial charge in [-0.05, 0) is 29.5 Å². The monoisotopic (exact) mass is 538 g/mol. The summed E-state index contributed by atoms with van der Waals surface area (Å²) in [5.41, 5.74) is 1.11. The fourth-order valence-corrected chi connectivity index (χ4v) is 1.84. The molecule has 8 heteroatoms. The topological polar surface area (TPSA) is 83.3 Å². The molecule has 0 aliphatic heterocycles. The van der Waals surface area contributed by atoms with Gasteiger partial charge in [-0.15, -0.1) is 12.1 Å². The third-order valence-electron chi connectivity index (χ3n) is 3.00. The molecule has 0 saturated carbocycles. The smallest absolute Gasteiger partial charge is 0.354 e. The van der Waals surface area contributed by atoms with Crippen molar-refractivity contribution >= 4 is 5.97 Å². The van der Waals surface area contributed by atoms with Crippen LogP contribution in [0.15, 0.2) is 54.9 Å². The summed E-state index contributed by atoms with van der Waals surface area (Å²) in [6.07, 6.45) is 2.90. The largest absolute Gasteiger partial charge is 0.477 e. The van der Waals surface area contributed by atoms with Gasteiger partial charge in [0.25, 0.3) is 0 Å². The second-order valence-corrected chi connectivity index (χ2v) is 4.77. The average molecular weight is 538 g/mol. The van der Waals surface area contributed by atoms with E-state index in [9.17, 15) is 13.6 Å². The fourth-order valence-electron chi connectivity index (χ4n) is 1.84. The minimum absolute atomic E-state index is 0. The Morgan fingerprint density at radius 2 is 1.88 bits per heavy atom. The maximum Gasteiger partial charge on any atom is 0.354 e. The summed E-state index contributed by atoms with van der Waals surface area (Å²) in [5, 5.41) is 17.3. The van der Waals surface area contributed by atoms with Gasteiger partial charge in [0.2, 0.25) is 0 Å².